The molecule has 1 aliphatic heterocycles. The van der Waals surface area contributed by atoms with Crippen LogP contribution in [0.3, 0.4) is 0 Å². The van der Waals surface area contributed by atoms with Crippen LogP contribution in [0.2, 0.25) is 0 Å². The van der Waals surface area contributed by atoms with Crippen molar-refractivity contribution in [2.24, 2.45) is 5.92 Å². The lowest BCUT2D eigenvalue weighted by Crippen LogP contribution is -2.39. The molecule has 5 heteroatoms. The number of nitrogens with zero attached hydrogens (tertiary/aromatic N) is 2. The van der Waals surface area contributed by atoms with Crippen molar-refractivity contribution in [1.82, 2.24) is 9.88 Å². The summed E-state index contributed by atoms with van der Waals surface area (Å²) in [5, 5.41) is 10.2. The standard InChI is InChI=1S/C16H20N2O2S/c19-11-12-7-9-18(10-8-12)16(20)6-5-15-17-13-3-1-2-4-14(13)21-15/h1-4,12,19H,5-11H2. The smallest absolute Gasteiger partial charge is 0.222 e. The van der Waals surface area contributed by atoms with Gasteiger partial charge in [-0.2, -0.15) is 0 Å². The molecule has 3 rings (SSSR count). The normalized spacial score (nSPS) is 16.5. The first-order chi connectivity index (χ1) is 10.3. The molecule has 2 heterocycles. The number of likely N-dealkylation sites (tertiary alicyclic amines) is 1. The van der Waals surface area contributed by atoms with Gasteiger partial charge in [-0.05, 0) is 30.9 Å². The van der Waals surface area contributed by atoms with E-state index in [1.807, 2.05) is 23.1 Å². The van der Waals surface area contributed by atoms with E-state index in [0.29, 0.717) is 12.3 Å². The van der Waals surface area contributed by atoms with Gasteiger partial charge in [0.2, 0.25) is 5.91 Å². The number of aryl methyl sites for hydroxylation is 1. The molecule has 0 radical (unpaired) electrons. The summed E-state index contributed by atoms with van der Waals surface area (Å²) >= 11 is 1.68. The molecule has 0 unspecified atom stereocenters. The first-order valence-corrected chi connectivity index (χ1v) is 8.31. The Morgan fingerprint density at radius 2 is 2.10 bits per heavy atom. The Morgan fingerprint density at radius 3 is 2.81 bits per heavy atom. The lowest BCUT2D eigenvalue weighted by molar-refractivity contribution is -0.132. The van der Waals surface area contributed by atoms with Crippen molar-refractivity contribution in [3.8, 4) is 0 Å². The number of carbonyl (C=O) groups excluding carboxylic acids is 1. The highest BCUT2D eigenvalue weighted by molar-refractivity contribution is 7.18. The summed E-state index contributed by atoms with van der Waals surface area (Å²) in [5.74, 6) is 0.587. The predicted molar refractivity (Wildman–Crippen MR) is 84.3 cm³/mol. The number of hydrogen-bond donors (Lipinski definition) is 1. The number of piperidine rings is 1. The van der Waals surface area contributed by atoms with Crippen LogP contribution in [-0.2, 0) is 11.2 Å². The van der Waals surface area contributed by atoms with E-state index in [4.69, 9.17) is 5.11 Å². The zero-order chi connectivity index (χ0) is 14.7. The fraction of sp³-hybridized carbons (Fsp3) is 0.500. The van der Waals surface area contributed by atoms with E-state index in [0.717, 1.165) is 42.9 Å². The summed E-state index contributed by atoms with van der Waals surface area (Å²) in [6.45, 7) is 1.81. The van der Waals surface area contributed by atoms with Crippen LogP contribution >= 0.6 is 11.3 Å². The summed E-state index contributed by atoms with van der Waals surface area (Å²) in [4.78, 5) is 18.7. The summed E-state index contributed by atoms with van der Waals surface area (Å²) < 4.78 is 1.18. The molecule has 0 bridgehead atoms. The molecular formula is C16H20N2O2S. The number of fused-ring (bicyclic) bond motifs is 1. The third kappa shape index (κ3) is 3.41. The lowest BCUT2D eigenvalue weighted by Gasteiger charge is -2.31. The summed E-state index contributed by atoms with van der Waals surface area (Å²) in [6.07, 6.45) is 3.09. The van der Waals surface area contributed by atoms with Gasteiger partial charge in [0.25, 0.3) is 0 Å². The van der Waals surface area contributed by atoms with Crippen LogP contribution in [0.1, 0.15) is 24.3 Å². The molecule has 0 aliphatic carbocycles. The Morgan fingerprint density at radius 1 is 1.33 bits per heavy atom. The van der Waals surface area contributed by atoms with Crippen LogP contribution in [-0.4, -0.2) is 40.6 Å². The van der Waals surface area contributed by atoms with Crippen molar-refractivity contribution < 1.29 is 9.90 Å². The number of benzene rings is 1. The monoisotopic (exact) mass is 304 g/mol. The molecule has 21 heavy (non-hydrogen) atoms. The maximum Gasteiger partial charge on any atom is 0.222 e. The second kappa shape index (κ2) is 6.54. The van der Waals surface area contributed by atoms with E-state index in [-0.39, 0.29) is 12.5 Å². The zero-order valence-corrected chi connectivity index (χ0v) is 12.8. The van der Waals surface area contributed by atoms with Gasteiger partial charge in [-0.1, -0.05) is 12.1 Å². The minimum atomic E-state index is 0.214. The van der Waals surface area contributed by atoms with Gasteiger partial charge in [0.05, 0.1) is 15.2 Å². The highest BCUT2D eigenvalue weighted by Crippen LogP contribution is 2.23. The Labute approximate surface area is 128 Å². The molecule has 1 aliphatic rings. The van der Waals surface area contributed by atoms with Crippen LogP contribution in [0.25, 0.3) is 10.2 Å². The molecule has 1 saturated heterocycles. The molecule has 112 valence electrons. The minimum Gasteiger partial charge on any atom is -0.396 e. The molecule has 4 nitrogen and oxygen atoms in total. The number of para-hydroxylation sites is 1. The van der Waals surface area contributed by atoms with Crippen LogP contribution in [0.4, 0.5) is 0 Å². The van der Waals surface area contributed by atoms with Crippen molar-refractivity contribution in [3.05, 3.63) is 29.3 Å². The molecule has 1 aromatic heterocycles. The molecule has 1 aromatic carbocycles. The van der Waals surface area contributed by atoms with Gasteiger partial charge in [-0.3, -0.25) is 4.79 Å². The van der Waals surface area contributed by atoms with Crippen LogP contribution in [0.5, 0.6) is 0 Å². The van der Waals surface area contributed by atoms with Gasteiger partial charge in [-0.25, -0.2) is 4.98 Å². The third-order valence-corrected chi connectivity index (χ3v) is 5.21. The predicted octanol–water partition coefficient (Wildman–Crippen LogP) is 2.46. The molecule has 1 N–H and O–H groups in total. The zero-order valence-electron chi connectivity index (χ0n) is 12.0. The molecule has 1 amide bonds. The highest BCUT2D eigenvalue weighted by Gasteiger charge is 2.22. The fourth-order valence-corrected chi connectivity index (χ4v) is 3.73. The van der Waals surface area contributed by atoms with E-state index in [1.165, 1.54) is 4.70 Å². The van der Waals surface area contributed by atoms with Gasteiger partial charge in [0.15, 0.2) is 0 Å². The van der Waals surface area contributed by atoms with E-state index >= 15 is 0 Å². The van der Waals surface area contributed by atoms with E-state index in [9.17, 15) is 4.79 Å². The Hall–Kier alpha value is -1.46. The third-order valence-electron chi connectivity index (χ3n) is 4.12. The van der Waals surface area contributed by atoms with E-state index < -0.39 is 0 Å². The average molecular weight is 304 g/mol. The number of aromatic nitrogens is 1. The topological polar surface area (TPSA) is 53.4 Å². The SMILES string of the molecule is O=C(CCc1nc2ccccc2s1)N1CCC(CO)CC1. The van der Waals surface area contributed by atoms with Crippen LogP contribution in [0.15, 0.2) is 24.3 Å². The van der Waals surface area contributed by atoms with Crippen molar-refractivity contribution in [3.63, 3.8) is 0 Å². The minimum absolute atomic E-state index is 0.214. The molecule has 0 saturated carbocycles. The van der Waals surface area contributed by atoms with Crippen molar-refractivity contribution >= 4 is 27.5 Å². The summed E-state index contributed by atoms with van der Waals surface area (Å²) in [6, 6.07) is 8.08. The van der Waals surface area contributed by atoms with Crippen molar-refractivity contribution in [1.29, 1.82) is 0 Å². The molecular weight excluding hydrogens is 284 g/mol. The largest absolute Gasteiger partial charge is 0.396 e. The van der Waals surface area contributed by atoms with Gasteiger partial charge in [-0.15, -0.1) is 11.3 Å². The van der Waals surface area contributed by atoms with Gasteiger partial charge < -0.3 is 10.0 Å². The second-order valence-electron chi connectivity index (χ2n) is 5.58. The quantitative estimate of drug-likeness (QED) is 0.944. The van der Waals surface area contributed by atoms with E-state index in [1.54, 1.807) is 11.3 Å². The Bertz CT molecular complexity index is 585. The number of thiazole rings is 1. The molecule has 0 atom stereocenters. The summed E-state index contributed by atoms with van der Waals surface area (Å²) in [7, 11) is 0. The number of hydrogen-bond acceptors (Lipinski definition) is 4. The number of aliphatic hydroxyl groups excluding tert-OH is 1. The number of rotatable bonds is 4. The Kier molecular flexibility index (Phi) is 4.51. The first-order valence-electron chi connectivity index (χ1n) is 7.49. The molecule has 2 aromatic rings. The van der Waals surface area contributed by atoms with Crippen LogP contribution in [0, 0.1) is 5.92 Å². The highest BCUT2D eigenvalue weighted by atomic mass is 32.1. The van der Waals surface area contributed by atoms with Crippen LogP contribution < -0.4 is 0 Å². The van der Waals surface area contributed by atoms with Crippen molar-refractivity contribution in [2.45, 2.75) is 25.7 Å². The summed E-state index contributed by atoms with van der Waals surface area (Å²) in [5.41, 5.74) is 1.02. The second-order valence-corrected chi connectivity index (χ2v) is 6.70. The fourth-order valence-electron chi connectivity index (χ4n) is 2.76. The molecule has 1 fully saturated rings. The van der Waals surface area contributed by atoms with Crippen molar-refractivity contribution in [2.75, 3.05) is 19.7 Å². The Balaban J connectivity index is 1.54. The maximum absolute atomic E-state index is 12.2. The number of carbonyl (C=O) groups is 1. The van der Waals surface area contributed by atoms with Gasteiger partial charge >= 0.3 is 0 Å². The lowest BCUT2D eigenvalue weighted by atomic mass is 9.97. The maximum atomic E-state index is 12.2. The van der Waals surface area contributed by atoms with E-state index in [2.05, 4.69) is 11.1 Å². The van der Waals surface area contributed by atoms with Gasteiger partial charge in [0, 0.05) is 32.5 Å². The van der Waals surface area contributed by atoms with Gasteiger partial charge in [0.1, 0.15) is 0 Å². The number of amides is 1. The number of aliphatic hydroxyl groups is 1. The average Bonchev–Trinajstić information content (AvgIpc) is 2.95. The molecule has 0 spiro atoms. The first kappa shape index (κ1) is 14.5.